The quantitative estimate of drug-likeness (QED) is 0.0759. The van der Waals surface area contributed by atoms with Gasteiger partial charge < -0.3 is 31.0 Å². The van der Waals surface area contributed by atoms with Crippen LogP contribution in [0.15, 0.2) is 79.1 Å². The number of aliphatic imine (C=N–C) groups is 1. The van der Waals surface area contributed by atoms with E-state index in [1.165, 1.54) is 19.1 Å². The molecule has 51 heavy (non-hydrogen) atoms. The van der Waals surface area contributed by atoms with E-state index in [0.29, 0.717) is 18.2 Å². The number of rotatable bonds is 10. The molecular weight excluding hydrogens is 638 g/mol. The molecule has 1 fully saturated rings. The lowest BCUT2D eigenvalue weighted by molar-refractivity contribution is -0.130. The molecule has 2 aromatic carbocycles. The van der Waals surface area contributed by atoms with Gasteiger partial charge in [0.05, 0.1) is 31.6 Å². The van der Waals surface area contributed by atoms with Crippen LogP contribution in [0.4, 0.5) is 4.79 Å². The second-order valence-corrected chi connectivity index (χ2v) is 13.0. The first-order chi connectivity index (χ1) is 24.5. The predicted octanol–water partition coefficient (Wildman–Crippen LogP) is 7.33. The summed E-state index contributed by atoms with van der Waals surface area (Å²) >= 11 is 0. The third-order valence-corrected chi connectivity index (χ3v) is 7.78. The molecule has 10 heteroatoms. The van der Waals surface area contributed by atoms with Gasteiger partial charge in [-0.3, -0.25) is 4.79 Å². The van der Waals surface area contributed by atoms with Gasteiger partial charge >= 0.3 is 6.09 Å². The fourth-order valence-electron chi connectivity index (χ4n) is 5.18. The summed E-state index contributed by atoms with van der Waals surface area (Å²) in [6, 6.07) is 14.9. The number of amidine groups is 1. The Morgan fingerprint density at radius 1 is 1.14 bits per heavy atom. The van der Waals surface area contributed by atoms with Gasteiger partial charge in [-0.15, -0.1) is 13.2 Å². The lowest BCUT2D eigenvalue weighted by Crippen LogP contribution is -2.40. The number of ether oxygens (including phenoxy) is 1. The predicted molar refractivity (Wildman–Crippen MR) is 210 cm³/mol. The van der Waals surface area contributed by atoms with Crippen molar-refractivity contribution in [2.45, 2.75) is 85.2 Å². The summed E-state index contributed by atoms with van der Waals surface area (Å²) in [5.41, 5.74) is 12.1. The normalized spacial score (nSPS) is 13.9. The fraction of sp³-hybridized carbons (Fsp3) is 0.415. The molecule has 1 aliphatic heterocycles. The number of amides is 2. The summed E-state index contributed by atoms with van der Waals surface area (Å²) in [6.45, 7) is 20.5. The maximum absolute atomic E-state index is 12.8. The third-order valence-electron chi connectivity index (χ3n) is 7.78. The highest BCUT2D eigenvalue weighted by Crippen LogP contribution is 2.31. The van der Waals surface area contributed by atoms with Crippen LogP contribution in [0.3, 0.4) is 0 Å². The summed E-state index contributed by atoms with van der Waals surface area (Å²) in [7, 11) is 1.26. The van der Waals surface area contributed by atoms with Crippen LogP contribution < -0.4 is 16.4 Å². The topological polar surface area (TPSA) is 138 Å². The molecule has 5 N–H and O–H groups in total. The summed E-state index contributed by atoms with van der Waals surface area (Å²) in [6.07, 6.45) is 8.62. The number of imidazole rings is 1. The fourth-order valence-corrected chi connectivity index (χ4v) is 5.18. The molecule has 1 saturated heterocycles. The van der Waals surface area contributed by atoms with Crippen LogP contribution in [0.1, 0.15) is 84.2 Å². The number of carbonyl (C=O) groups excluding carboxylic acids is 2. The number of methoxy groups -OCH3 is 1. The van der Waals surface area contributed by atoms with Gasteiger partial charge in [0.25, 0.3) is 0 Å². The Labute approximate surface area is 305 Å². The third kappa shape index (κ3) is 13.6. The monoisotopic (exact) mass is 695 g/mol. The average Bonchev–Trinajstić information content (AvgIpc) is 3.84. The SMILES string of the molecule is C=C.CCC.CCCN(Cc1ncc(-c2ccc(C#C/C=C/N=C(N)C3CCCN3)c(-c3ccc(C(C)(C)C)cc3)c2)[nH]1)C(=O)CNC(=O)OC. The molecule has 0 aliphatic carbocycles. The standard InChI is InChI=1S/C36H45N7O3.C3H8.C2H4/c1-6-20-43(33(44)23-41-35(45)46-5)24-32-40-22-31(42-32)27-13-12-25(10-7-8-18-39-34(37)30-11-9-19-38-30)29(21-27)26-14-16-28(17-15-26)36(2,3)4;1-3-2;1-2/h8,12-18,21-22,30,38H,6,9,11,19-20,23-24H2,1-5H3,(H2,37,39)(H,40,42)(H,41,45);3H2,1-2H3;1-2H2/b18-8+;;. The van der Waals surface area contributed by atoms with E-state index >= 15 is 0 Å². The van der Waals surface area contributed by atoms with Crippen molar-refractivity contribution in [3.8, 4) is 34.2 Å². The second kappa shape index (κ2) is 21.8. The Kier molecular flexibility index (Phi) is 18.0. The smallest absolute Gasteiger partial charge is 0.407 e. The van der Waals surface area contributed by atoms with Gasteiger partial charge in [-0.1, -0.05) is 90.1 Å². The van der Waals surface area contributed by atoms with Gasteiger partial charge in [-0.05, 0) is 60.0 Å². The molecule has 1 aliphatic rings. The molecule has 1 atom stereocenters. The maximum Gasteiger partial charge on any atom is 0.407 e. The highest BCUT2D eigenvalue weighted by Gasteiger charge is 2.18. The van der Waals surface area contributed by atoms with Crippen LogP contribution in [-0.2, 0) is 21.5 Å². The van der Waals surface area contributed by atoms with Crippen molar-refractivity contribution >= 4 is 17.8 Å². The number of nitrogens with zero attached hydrogens (tertiary/aromatic N) is 3. The lowest BCUT2D eigenvalue weighted by atomic mass is 9.86. The molecule has 1 aromatic heterocycles. The summed E-state index contributed by atoms with van der Waals surface area (Å²) in [4.78, 5) is 38.2. The zero-order valence-electron chi connectivity index (χ0n) is 31.6. The number of H-pyrrole nitrogens is 1. The van der Waals surface area contributed by atoms with Gasteiger partial charge in [0, 0.05) is 29.9 Å². The number of benzene rings is 2. The van der Waals surface area contributed by atoms with Gasteiger partial charge in [-0.25, -0.2) is 14.8 Å². The molecule has 2 heterocycles. The van der Waals surface area contributed by atoms with Crippen LogP contribution in [0.5, 0.6) is 0 Å². The van der Waals surface area contributed by atoms with Crippen LogP contribution in [0, 0.1) is 11.8 Å². The van der Waals surface area contributed by atoms with E-state index in [9.17, 15) is 9.59 Å². The summed E-state index contributed by atoms with van der Waals surface area (Å²) in [5.74, 6) is 7.42. The molecule has 0 bridgehead atoms. The number of hydrogen-bond acceptors (Lipinski definition) is 6. The summed E-state index contributed by atoms with van der Waals surface area (Å²) < 4.78 is 4.58. The molecule has 3 aromatic rings. The number of aromatic nitrogens is 2. The lowest BCUT2D eigenvalue weighted by Gasteiger charge is -2.21. The van der Waals surface area contributed by atoms with E-state index in [1.807, 2.05) is 19.1 Å². The Morgan fingerprint density at radius 2 is 1.82 bits per heavy atom. The molecule has 1 unspecified atom stereocenters. The van der Waals surface area contributed by atoms with Crippen molar-refractivity contribution < 1.29 is 14.3 Å². The maximum atomic E-state index is 12.8. The molecule has 274 valence electrons. The second-order valence-electron chi connectivity index (χ2n) is 13.0. The molecule has 2 amide bonds. The number of nitrogens with two attached hydrogens (primary N) is 1. The van der Waals surface area contributed by atoms with Gasteiger partial charge in [0.15, 0.2) is 0 Å². The largest absolute Gasteiger partial charge is 0.453 e. The molecule has 0 saturated carbocycles. The van der Waals surface area contributed by atoms with Crippen molar-refractivity contribution in [2.75, 3.05) is 26.7 Å². The van der Waals surface area contributed by atoms with Crippen LogP contribution in [0.2, 0.25) is 0 Å². The first kappa shape index (κ1) is 42.0. The molecule has 10 nitrogen and oxygen atoms in total. The minimum atomic E-state index is -0.645. The zero-order valence-corrected chi connectivity index (χ0v) is 31.6. The van der Waals surface area contributed by atoms with Crippen molar-refractivity contribution in [2.24, 2.45) is 10.7 Å². The van der Waals surface area contributed by atoms with E-state index in [2.05, 4.69) is 120 Å². The minimum Gasteiger partial charge on any atom is -0.453 e. The Balaban J connectivity index is 0.00000171. The molecule has 0 radical (unpaired) electrons. The Hall–Kier alpha value is -5.14. The van der Waals surface area contributed by atoms with E-state index in [4.69, 9.17) is 5.73 Å². The van der Waals surface area contributed by atoms with E-state index in [-0.39, 0.29) is 30.5 Å². The van der Waals surface area contributed by atoms with Crippen LogP contribution >= 0.6 is 0 Å². The molecular formula is C41H57N7O3. The Bertz CT molecular complexity index is 1650. The van der Waals surface area contributed by atoms with Gasteiger partial charge in [0.1, 0.15) is 18.2 Å². The first-order valence-electron chi connectivity index (χ1n) is 17.6. The Morgan fingerprint density at radius 3 is 2.43 bits per heavy atom. The zero-order chi connectivity index (χ0) is 37.8. The van der Waals surface area contributed by atoms with Crippen LogP contribution in [-0.4, -0.2) is 65.5 Å². The van der Waals surface area contributed by atoms with E-state index in [0.717, 1.165) is 53.8 Å². The van der Waals surface area contributed by atoms with Crippen molar-refractivity contribution in [1.29, 1.82) is 0 Å². The summed E-state index contributed by atoms with van der Waals surface area (Å²) in [5, 5.41) is 5.80. The van der Waals surface area contributed by atoms with E-state index < -0.39 is 6.09 Å². The van der Waals surface area contributed by atoms with Gasteiger partial charge in [0.2, 0.25) is 5.91 Å². The van der Waals surface area contributed by atoms with Crippen molar-refractivity contribution in [3.63, 3.8) is 0 Å². The highest BCUT2D eigenvalue weighted by molar-refractivity contribution is 5.86. The minimum absolute atomic E-state index is 0.0406. The number of alkyl carbamates (subject to hydrolysis) is 1. The first-order valence-corrected chi connectivity index (χ1v) is 17.6. The highest BCUT2D eigenvalue weighted by atomic mass is 16.5. The number of hydrogen-bond donors (Lipinski definition) is 4. The number of aromatic amines is 1. The average molecular weight is 696 g/mol. The number of allylic oxidation sites excluding steroid dienone is 1. The van der Waals surface area contributed by atoms with Crippen LogP contribution in [0.25, 0.3) is 22.4 Å². The number of carbonyl (C=O) groups is 2. The van der Waals surface area contributed by atoms with Crippen molar-refractivity contribution in [1.82, 2.24) is 25.5 Å². The van der Waals surface area contributed by atoms with E-state index in [1.54, 1.807) is 23.4 Å². The molecule has 0 spiro atoms. The van der Waals surface area contributed by atoms with Gasteiger partial charge in [-0.2, -0.15) is 0 Å². The van der Waals surface area contributed by atoms with Crippen molar-refractivity contribution in [3.05, 3.63) is 91.0 Å². The number of nitrogens with one attached hydrogen (secondary N) is 3. The molecule has 4 rings (SSSR count).